The predicted octanol–water partition coefficient (Wildman–Crippen LogP) is 2.51. The van der Waals surface area contributed by atoms with Gasteiger partial charge >= 0.3 is 0 Å². The molecule has 4 nitrogen and oxygen atoms in total. The van der Waals surface area contributed by atoms with Crippen LogP contribution < -0.4 is 4.72 Å². The normalized spacial score (nSPS) is 25.4. The predicted molar refractivity (Wildman–Crippen MR) is 68.5 cm³/mol. The maximum Gasteiger partial charge on any atom is 0.243 e. The summed E-state index contributed by atoms with van der Waals surface area (Å²) < 4.78 is 32.5. The van der Waals surface area contributed by atoms with Crippen LogP contribution in [0.2, 0.25) is 8.67 Å². The molecule has 96 valence electrons. The van der Waals surface area contributed by atoms with E-state index in [2.05, 4.69) is 4.72 Å². The average Bonchev–Trinajstić information content (AvgIpc) is 2.74. The van der Waals surface area contributed by atoms with Gasteiger partial charge in [-0.25, -0.2) is 13.1 Å². The van der Waals surface area contributed by atoms with Crippen LogP contribution in [-0.4, -0.2) is 27.2 Å². The molecular formula is C9H11Cl2NO3S2. The van der Waals surface area contributed by atoms with Crippen molar-refractivity contribution in [2.75, 3.05) is 6.61 Å². The highest BCUT2D eigenvalue weighted by Gasteiger charge is 2.30. The number of hydrogen-bond acceptors (Lipinski definition) is 4. The van der Waals surface area contributed by atoms with Crippen LogP contribution in [-0.2, 0) is 14.8 Å². The highest BCUT2D eigenvalue weighted by molar-refractivity contribution is 7.89. The molecule has 2 rings (SSSR count). The summed E-state index contributed by atoms with van der Waals surface area (Å²) in [4.78, 5) is 0.0354. The average molecular weight is 316 g/mol. The zero-order valence-electron chi connectivity index (χ0n) is 8.94. The van der Waals surface area contributed by atoms with Crippen molar-refractivity contribution in [2.45, 2.75) is 30.4 Å². The van der Waals surface area contributed by atoms with Crippen molar-refractivity contribution in [1.29, 1.82) is 0 Å². The Hall–Kier alpha value is 0.150. The molecule has 8 heteroatoms. The maximum atomic E-state index is 12.1. The van der Waals surface area contributed by atoms with E-state index >= 15 is 0 Å². The number of rotatable bonds is 3. The van der Waals surface area contributed by atoms with Gasteiger partial charge in [0.15, 0.2) is 0 Å². The van der Waals surface area contributed by atoms with E-state index in [0.29, 0.717) is 17.4 Å². The van der Waals surface area contributed by atoms with E-state index in [1.165, 1.54) is 6.07 Å². The summed E-state index contributed by atoms with van der Waals surface area (Å²) in [5.74, 6) is 0. The molecule has 2 heterocycles. The van der Waals surface area contributed by atoms with E-state index in [-0.39, 0.29) is 21.4 Å². The maximum absolute atomic E-state index is 12.1. The molecule has 0 radical (unpaired) electrons. The fourth-order valence-electron chi connectivity index (χ4n) is 1.66. The Labute approximate surface area is 114 Å². The third kappa shape index (κ3) is 2.94. The molecule has 1 aliphatic rings. The van der Waals surface area contributed by atoms with Gasteiger partial charge in [-0.2, -0.15) is 0 Å². The number of thiophene rings is 1. The van der Waals surface area contributed by atoms with E-state index < -0.39 is 10.0 Å². The smallest absolute Gasteiger partial charge is 0.243 e. The molecule has 1 fully saturated rings. The zero-order chi connectivity index (χ0) is 12.6. The van der Waals surface area contributed by atoms with Gasteiger partial charge in [0, 0.05) is 6.61 Å². The largest absolute Gasteiger partial charge is 0.377 e. The second kappa shape index (κ2) is 5.03. The lowest BCUT2D eigenvalue weighted by atomic mass is 10.2. The molecule has 0 aliphatic carbocycles. The molecule has 1 aromatic heterocycles. The van der Waals surface area contributed by atoms with Crippen molar-refractivity contribution in [3.63, 3.8) is 0 Å². The van der Waals surface area contributed by atoms with E-state index in [1.807, 2.05) is 6.92 Å². The summed E-state index contributed by atoms with van der Waals surface area (Å²) >= 11 is 12.6. The molecule has 1 N–H and O–H groups in total. The molecule has 1 aromatic rings. The van der Waals surface area contributed by atoms with Gasteiger partial charge in [0.1, 0.15) is 9.23 Å². The Morgan fingerprint density at radius 3 is 2.71 bits per heavy atom. The van der Waals surface area contributed by atoms with Crippen LogP contribution in [0.15, 0.2) is 11.0 Å². The monoisotopic (exact) mass is 315 g/mol. The van der Waals surface area contributed by atoms with Gasteiger partial charge in [-0.15, -0.1) is 11.3 Å². The Morgan fingerprint density at radius 2 is 2.24 bits per heavy atom. The van der Waals surface area contributed by atoms with E-state index in [1.54, 1.807) is 0 Å². The highest BCUT2D eigenvalue weighted by Crippen LogP contribution is 2.34. The molecule has 0 saturated carbocycles. The molecule has 0 bridgehead atoms. The first-order valence-corrected chi connectivity index (χ1v) is 8.04. The van der Waals surface area contributed by atoms with Gasteiger partial charge in [0.25, 0.3) is 0 Å². The quantitative estimate of drug-likeness (QED) is 0.932. The first kappa shape index (κ1) is 13.6. The third-order valence-electron chi connectivity index (χ3n) is 2.60. The molecule has 1 aliphatic heterocycles. The second-order valence-electron chi connectivity index (χ2n) is 3.78. The number of sulfonamides is 1. The Morgan fingerprint density at radius 1 is 1.53 bits per heavy atom. The summed E-state index contributed by atoms with van der Waals surface area (Å²) in [5, 5.41) is 0. The summed E-state index contributed by atoms with van der Waals surface area (Å²) in [6.07, 6.45) is 0.535. The van der Waals surface area contributed by atoms with Crippen molar-refractivity contribution in [2.24, 2.45) is 0 Å². The van der Waals surface area contributed by atoms with Gasteiger partial charge in [-0.3, -0.25) is 0 Å². The third-order valence-corrected chi connectivity index (χ3v) is 5.84. The summed E-state index contributed by atoms with van der Waals surface area (Å²) in [6.45, 7) is 2.40. The van der Waals surface area contributed by atoms with Crippen molar-refractivity contribution < 1.29 is 13.2 Å². The van der Waals surface area contributed by atoms with Gasteiger partial charge in [0.2, 0.25) is 10.0 Å². The fraction of sp³-hybridized carbons (Fsp3) is 0.556. The Bertz CT molecular complexity index is 514. The van der Waals surface area contributed by atoms with Gasteiger partial charge in [-0.05, 0) is 19.4 Å². The minimum Gasteiger partial charge on any atom is -0.377 e. The molecular weight excluding hydrogens is 305 g/mol. The number of ether oxygens (including phenoxy) is 1. The molecule has 0 aromatic carbocycles. The topological polar surface area (TPSA) is 55.4 Å². The first-order chi connectivity index (χ1) is 7.90. The minimum atomic E-state index is -3.62. The molecule has 2 atom stereocenters. The van der Waals surface area contributed by atoms with Crippen molar-refractivity contribution >= 4 is 44.6 Å². The Balaban J connectivity index is 2.22. The Kier molecular flexibility index (Phi) is 4.02. The number of nitrogens with one attached hydrogen (secondary N) is 1. The molecule has 0 amide bonds. The van der Waals surface area contributed by atoms with Crippen LogP contribution in [0.1, 0.15) is 13.3 Å². The second-order valence-corrected chi connectivity index (χ2v) is 7.75. The SMILES string of the molecule is C[C@H]1OCC[C@H]1NS(=O)(=O)c1cc(Cl)sc1Cl. The van der Waals surface area contributed by atoms with Gasteiger partial charge in [0.05, 0.1) is 16.5 Å². The van der Waals surface area contributed by atoms with Gasteiger partial charge in [-0.1, -0.05) is 23.2 Å². The van der Waals surface area contributed by atoms with Crippen LogP contribution in [0.25, 0.3) is 0 Å². The lowest BCUT2D eigenvalue weighted by molar-refractivity contribution is 0.117. The van der Waals surface area contributed by atoms with Crippen molar-refractivity contribution in [3.05, 3.63) is 14.7 Å². The first-order valence-electron chi connectivity index (χ1n) is 4.99. The van der Waals surface area contributed by atoms with E-state index in [9.17, 15) is 8.42 Å². The fourth-order valence-corrected chi connectivity index (χ4v) is 5.15. The van der Waals surface area contributed by atoms with Crippen LogP contribution in [0.4, 0.5) is 0 Å². The van der Waals surface area contributed by atoms with E-state index in [4.69, 9.17) is 27.9 Å². The highest BCUT2D eigenvalue weighted by atomic mass is 35.5. The van der Waals surface area contributed by atoms with Crippen LogP contribution in [0.5, 0.6) is 0 Å². The van der Waals surface area contributed by atoms with Crippen molar-refractivity contribution in [3.8, 4) is 0 Å². The number of halogens is 2. The van der Waals surface area contributed by atoms with Crippen LogP contribution in [0.3, 0.4) is 0 Å². The van der Waals surface area contributed by atoms with Crippen LogP contribution >= 0.6 is 34.5 Å². The lowest BCUT2D eigenvalue weighted by Crippen LogP contribution is -2.39. The number of hydrogen-bond donors (Lipinski definition) is 1. The van der Waals surface area contributed by atoms with E-state index in [0.717, 1.165) is 11.3 Å². The standard InChI is InChI=1S/C9H11Cl2NO3S2/c1-5-6(2-3-15-5)12-17(13,14)7-4-8(10)16-9(7)11/h4-6,12H,2-3H2,1H3/t5-,6-/m1/s1. The molecule has 17 heavy (non-hydrogen) atoms. The lowest BCUT2D eigenvalue weighted by Gasteiger charge is -2.15. The minimum absolute atomic E-state index is 0.0354. The molecule has 0 unspecified atom stereocenters. The van der Waals surface area contributed by atoms with Crippen molar-refractivity contribution in [1.82, 2.24) is 4.72 Å². The molecule has 1 saturated heterocycles. The summed E-state index contributed by atoms with van der Waals surface area (Å²) in [7, 11) is -3.62. The zero-order valence-corrected chi connectivity index (χ0v) is 12.1. The summed E-state index contributed by atoms with van der Waals surface area (Å²) in [6, 6.07) is 1.15. The summed E-state index contributed by atoms with van der Waals surface area (Å²) in [5.41, 5.74) is 0. The van der Waals surface area contributed by atoms with Crippen LogP contribution in [0, 0.1) is 0 Å². The van der Waals surface area contributed by atoms with Gasteiger partial charge < -0.3 is 4.74 Å². The molecule has 0 spiro atoms.